The van der Waals surface area contributed by atoms with Crippen LogP contribution in [0.15, 0.2) is 42.5 Å². The highest BCUT2D eigenvalue weighted by atomic mass is 19.1. The van der Waals surface area contributed by atoms with Crippen LogP contribution in [-0.2, 0) is 11.3 Å². The van der Waals surface area contributed by atoms with Crippen molar-refractivity contribution in [3.8, 4) is 0 Å². The van der Waals surface area contributed by atoms with Crippen molar-refractivity contribution in [3.05, 3.63) is 65.2 Å². The highest BCUT2D eigenvalue weighted by Crippen LogP contribution is 2.16. The quantitative estimate of drug-likeness (QED) is 0.892. The van der Waals surface area contributed by atoms with Crippen LogP contribution in [-0.4, -0.2) is 43.5 Å². The predicted octanol–water partition coefficient (Wildman–Crippen LogP) is 2.71. The number of amides is 1. The van der Waals surface area contributed by atoms with Crippen molar-refractivity contribution in [1.82, 2.24) is 10.2 Å². The standard InChI is InChI=1S/C20H23F2N3O/c1-15-12-16(2-7-19(15)22)13-23-20(26)14-24-8-10-25(11-9-24)18-5-3-17(21)4-6-18/h2-7,12H,8-11,13-14H2,1H3,(H,23,26). The first-order valence-corrected chi connectivity index (χ1v) is 8.76. The Labute approximate surface area is 152 Å². The van der Waals surface area contributed by atoms with Gasteiger partial charge in [0.25, 0.3) is 0 Å². The molecule has 1 amide bonds. The summed E-state index contributed by atoms with van der Waals surface area (Å²) in [6, 6.07) is 11.3. The van der Waals surface area contributed by atoms with Crippen LogP contribution in [0.4, 0.5) is 14.5 Å². The monoisotopic (exact) mass is 359 g/mol. The molecule has 1 fully saturated rings. The molecule has 1 saturated heterocycles. The number of nitrogens with one attached hydrogen (secondary N) is 1. The Morgan fingerprint density at radius 3 is 2.38 bits per heavy atom. The first-order valence-electron chi connectivity index (χ1n) is 8.76. The Hall–Kier alpha value is -2.47. The van der Waals surface area contributed by atoms with Crippen molar-refractivity contribution in [2.75, 3.05) is 37.6 Å². The minimum absolute atomic E-state index is 0.0396. The third kappa shape index (κ3) is 4.79. The lowest BCUT2D eigenvalue weighted by Crippen LogP contribution is -2.49. The molecule has 1 heterocycles. The van der Waals surface area contributed by atoms with Crippen LogP contribution in [0.5, 0.6) is 0 Å². The summed E-state index contributed by atoms with van der Waals surface area (Å²) < 4.78 is 26.3. The van der Waals surface area contributed by atoms with Crippen molar-refractivity contribution in [1.29, 1.82) is 0 Å². The van der Waals surface area contributed by atoms with Gasteiger partial charge >= 0.3 is 0 Å². The molecular formula is C20H23F2N3O. The van der Waals surface area contributed by atoms with Gasteiger partial charge in [0.15, 0.2) is 0 Å². The molecule has 1 N–H and O–H groups in total. The fourth-order valence-electron chi connectivity index (χ4n) is 3.09. The molecule has 138 valence electrons. The minimum Gasteiger partial charge on any atom is -0.369 e. The highest BCUT2D eigenvalue weighted by Gasteiger charge is 2.19. The average Bonchev–Trinajstić information content (AvgIpc) is 2.64. The summed E-state index contributed by atoms with van der Waals surface area (Å²) in [7, 11) is 0. The number of anilines is 1. The molecule has 0 atom stereocenters. The molecule has 4 nitrogen and oxygen atoms in total. The molecule has 1 aliphatic heterocycles. The molecular weight excluding hydrogens is 336 g/mol. The molecule has 0 aliphatic carbocycles. The number of hydrogen-bond acceptors (Lipinski definition) is 3. The molecule has 0 unspecified atom stereocenters. The summed E-state index contributed by atoms with van der Waals surface area (Å²) in [5.41, 5.74) is 2.47. The Morgan fingerprint density at radius 1 is 1.04 bits per heavy atom. The molecule has 0 aromatic heterocycles. The largest absolute Gasteiger partial charge is 0.369 e. The van der Waals surface area contributed by atoms with Gasteiger partial charge in [0.05, 0.1) is 6.54 Å². The Balaban J connectivity index is 1.43. The average molecular weight is 359 g/mol. The van der Waals surface area contributed by atoms with E-state index in [9.17, 15) is 13.6 Å². The second-order valence-corrected chi connectivity index (χ2v) is 6.60. The van der Waals surface area contributed by atoms with Crippen LogP contribution in [0.2, 0.25) is 0 Å². The van der Waals surface area contributed by atoms with Gasteiger partial charge in [-0.2, -0.15) is 0 Å². The van der Waals surface area contributed by atoms with E-state index in [-0.39, 0.29) is 17.5 Å². The van der Waals surface area contributed by atoms with E-state index >= 15 is 0 Å². The van der Waals surface area contributed by atoms with E-state index in [1.54, 1.807) is 31.2 Å². The number of aryl methyl sites for hydroxylation is 1. The summed E-state index contributed by atoms with van der Waals surface area (Å²) in [4.78, 5) is 16.4. The highest BCUT2D eigenvalue weighted by molar-refractivity contribution is 5.78. The summed E-state index contributed by atoms with van der Waals surface area (Å²) in [5.74, 6) is -0.512. The number of piperazine rings is 1. The van der Waals surface area contributed by atoms with Crippen LogP contribution in [0, 0.1) is 18.6 Å². The first kappa shape index (κ1) is 18.3. The van der Waals surface area contributed by atoms with E-state index in [1.807, 2.05) is 0 Å². The number of hydrogen-bond donors (Lipinski definition) is 1. The lowest BCUT2D eigenvalue weighted by molar-refractivity contribution is -0.122. The van der Waals surface area contributed by atoms with Crippen LogP contribution in [0.1, 0.15) is 11.1 Å². The van der Waals surface area contributed by atoms with Crippen LogP contribution in [0.25, 0.3) is 0 Å². The van der Waals surface area contributed by atoms with E-state index in [4.69, 9.17) is 0 Å². The SMILES string of the molecule is Cc1cc(CNC(=O)CN2CCN(c3ccc(F)cc3)CC2)ccc1F. The van der Waals surface area contributed by atoms with Gasteiger partial charge in [-0.3, -0.25) is 9.69 Å². The second kappa shape index (κ2) is 8.27. The summed E-state index contributed by atoms with van der Waals surface area (Å²) in [6.07, 6.45) is 0. The molecule has 0 bridgehead atoms. The molecule has 1 aliphatic rings. The van der Waals surface area contributed by atoms with Gasteiger partial charge in [-0.05, 0) is 48.4 Å². The number of benzene rings is 2. The third-order valence-corrected chi connectivity index (χ3v) is 4.64. The third-order valence-electron chi connectivity index (χ3n) is 4.64. The topological polar surface area (TPSA) is 35.6 Å². The van der Waals surface area contributed by atoms with Gasteiger partial charge in [-0.15, -0.1) is 0 Å². The molecule has 2 aromatic carbocycles. The molecule has 0 spiro atoms. The normalized spacial score (nSPS) is 15.1. The van der Waals surface area contributed by atoms with Crippen LogP contribution >= 0.6 is 0 Å². The Morgan fingerprint density at radius 2 is 1.73 bits per heavy atom. The van der Waals surface area contributed by atoms with Gasteiger partial charge in [-0.25, -0.2) is 8.78 Å². The van der Waals surface area contributed by atoms with E-state index in [0.717, 1.165) is 37.4 Å². The number of nitrogens with zero attached hydrogens (tertiary/aromatic N) is 2. The van der Waals surface area contributed by atoms with Gasteiger partial charge in [-0.1, -0.05) is 12.1 Å². The van der Waals surface area contributed by atoms with E-state index in [0.29, 0.717) is 18.7 Å². The number of halogens is 2. The fourth-order valence-corrected chi connectivity index (χ4v) is 3.09. The van der Waals surface area contributed by atoms with Gasteiger partial charge in [0, 0.05) is 38.4 Å². The number of rotatable bonds is 5. The zero-order valence-electron chi connectivity index (χ0n) is 14.8. The molecule has 0 radical (unpaired) electrons. The number of carbonyl (C=O) groups excluding carboxylic acids is 1. The summed E-state index contributed by atoms with van der Waals surface area (Å²) in [5, 5.41) is 2.88. The van der Waals surface area contributed by atoms with Crippen LogP contribution < -0.4 is 10.2 Å². The molecule has 2 aromatic rings. The zero-order chi connectivity index (χ0) is 18.5. The number of carbonyl (C=O) groups is 1. The Kier molecular flexibility index (Phi) is 5.83. The molecule has 0 saturated carbocycles. The van der Waals surface area contributed by atoms with Gasteiger partial charge in [0.2, 0.25) is 5.91 Å². The fraction of sp³-hybridized carbons (Fsp3) is 0.350. The van der Waals surface area contributed by atoms with Gasteiger partial charge < -0.3 is 10.2 Å². The van der Waals surface area contributed by atoms with Crippen molar-refractivity contribution < 1.29 is 13.6 Å². The van der Waals surface area contributed by atoms with Gasteiger partial charge in [0.1, 0.15) is 11.6 Å². The lowest BCUT2D eigenvalue weighted by Gasteiger charge is -2.35. The lowest BCUT2D eigenvalue weighted by atomic mass is 10.1. The first-order chi connectivity index (χ1) is 12.5. The van der Waals surface area contributed by atoms with E-state index in [2.05, 4.69) is 15.1 Å². The summed E-state index contributed by atoms with van der Waals surface area (Å²) in [6.45, 7) is 5.61. The zero-order valence-corrected chi connectivity index (χ0v) is 14.8. The molecule has 3 rings (SSSR count). The maximum Gasteiger partial charge on any atom is 0.234 e. The van der Waals surface area contributed by atoms with Crippen molar-refractivity contribution in [2.45, 2.75) is 13.5 Å². The van der Waals surface area contributed by atoms with Crippen molar-refractivity contribution >= 4 is 11.6 Å². The predicted molar refractivity (Wildman–Crippen MR) is 98.0 cm³/mol. The van der Waals surface area contributed by atoms with E-state index in [1.165, 1.54) is 18.2 Å². The van der Waals surface area contributed by atoms with Crippen molar-refractivity contribution in [2.24, 2.45) is 0 Å². The molecule has 26 heavy (non-hydrogen) atoms. The molecule has 6 heteroatoms. The van der Waals surface area contributed by atoms with E-state index < -0.39 is 0 Å². The van der Waals surface area contributed by atoms with Crippen molar-refractivity contribution in [3.63, 3.8) is 0 Å². The maximum absolute atomic E-state index is 13.3. The van der Waals surface area contributed by atoms with Crippen LogP contribution in [0.3, 0.4) is 0 Å². The smallest absolute Gasteiger partial charge is 0.234 e. The minimum atomic E-state index is -0.237. The maximum atomic E-state index is 13.3. The second-order valence-electron chi connectivity index (χ2n) is 6.60. The summed E-state index contributed by atoms with van der Waals surface area (Å²) >= 11 is 0. The Bertz CT molecular complexity index is 756.